The molecule has 2 N–H and O–H groups in total. The van der Waals surface area contributed by atoms with Crippen LogP contribution in [0.4, 0.5) is 5.82 Å². The topological polar surface area (TPSA) is 112 Å². The highest BCUT2D eigenvalue weighted by molar-refractivity contribution is 7.18. The van der Waals surface area contributed by atoms with Crippen LogP contribution in [0.2, 0.25) is 0 Å². The Bertz CT molecular complexity index is 1330. The maximum absolute atomic E-state index is 13.1. The first kappa shape index (κ1) is 24.6. The minimum Gasteiger partial charge on any atom is -0.461 e. The Labute approximate surface area is 216 Å². The number of anilines is 1. The number of carbonyl (C=O) groups excluding carboxylic acids is 1. The van der Waals surface area contributed by atoms with Gasteiger partial charge in [0.05, 0.1) is 12.0 Å². The van der Waals surface area contributed by atoms with E-state index in [1.54, 1.807) is 11.3 Å². The number of thiophene rings is 1. The van der Waals surface area contributed by atoms with Crippen molar-refractivity contribution in [3.63, 3.8) is 0 Å². The predicted octanol–water partition coefficient (Wildman–Crippen LogP) is 3.07. The molecule has 0 unspecified atom stereocenters. The average molecular weight is 526 g/mol. The van der Waals surface area contributed by atoms with Gasteiger partial charge in [-0.1, -0.05) is 37.3 Å². The van der Waals surface area contributed by atoms with Gasteiger partial charge < -0.3 is 24.7 Å². The molecule has 0 saturated carbocycles. The Hall–Kier alpha value is -3.12. The Kier molecular flexibility index (Phi) is 7.42. The summed E-state index contributed by atoms with van der Waals surface area (Å²) in [4.78, 5) is 32.9. The molecular weight excluding hydrogens is 498 g/mol. The number of amides is 1. The SMILES string of the molecule is CCc1cc2c(N3CCN(C(=O)c4csc(-c5ccccc5)n4)CC3)nc(OC[C@H](O)CO)nc2s1. The van der Waals surface area contributed by atoms with Crippen LogP contribution >= 0.6 is 22.7 Å². The highest BCUT2D eigenvalue weighted by Gasteiger charge is 2.27. The molecule has 1 amide bonds. The monoisotopic (exact) mass is 525 g/mol. The Balaban J connectivity index is 1.31. The number of rotatable bonds is 8. The molecule has 1 saturated heterocycles. The molecule has 4 heterocycles. The molecule has 3 aromatic heterocycles. The fourth-order valence-corrected chi connectivity index (χ4v) is 5.76. The molecule has 1 atom stereocenters. The van der Waals surface area contributed by atoms with Crippen molar-refractivity contribution in [2.75, 3.05) is 44.3 Å². The second-order valence-corrected chi connectivity index (χ2v) is 10.4. The largest absolute Gasteiger partial charge is 0.461 e. The van der Waals surface area contributed by atoms with Crippen LogP contribution in [-0.4, -0.2) is 81.5 Å². The number of hydrogen-bond donors (Lipinski definition) is 2. The number of aliphatic hydroxyl groups excluding tert-OH is 2. The summed E-state index contributed by atoms with van der Waals surface area (Å²) in [6, 6.07) is 12.1. The molecule has 0 radical (unpaired) electrons. The lowest BCUT2D eigenvalue weighted by molar-refractivity contribution is 0.0506. The highest BCUT2D eigenvalue weighted by atomic mass is 32.1. The van der Waals surface area contributed by atoms with E-state index in [9.17, 15) is 9.90 Å². The summed E-state index contributed by atoms with van der Waals surface area (Å²) in [6.45, 7) is 3.94. The van der Waals surface area contributed by atoms with E-state index in [1.165, 1.54) is 16.2 Å². The first-order chi connectivity index (χ1) is 17.6. The molecule has 1 aliphatic rings. The molecule has 4 aromatic rings. The van der Waals surface area contributed by atoms with Crippen molar-refractivity contribution >= 4 is 44.6 Å². The van der Waals surface area contributed by atoms with Crippen LogP contribution in [0.25, 0.3) is 20.8 Å². The Morgan fingerprint density at radius 3 is 2.64 bits per heavy atom. The quantitative estimate of drug-likeness (QED) is 0.361. The molecule has 1 fully saturated rings. The molecule has 9 nitrogen and oxygen atoms in total. The fourth-order valence-electron chi connectivity index (χ4n) is 4.01. The van der Waals surface area contributed by atoms with Crippen LogP contribution < -0.4 is 9.64 Å². The van der Waals surface area contributed by atoms with Crippen LogP contribution in [0.3, 0.4) is 0 Å². The average Bonchev–Trinajstić information content (AvgIpc) is 3.59. The predicted molar refractivity (Wildman–Crippen MR) is 141 cm³/mol. The molecule has 11 heteroatoms. The van der Waals surface area contributed by atoms with Gasteiger partial charge in [-0.2, -0.15) is 9.97 Å². The molecule has 0 bridgehead atoms. The van der Waals surface area contributed by atoms with Crippen molar-refractivity contribution in [1.82, 2.24) is 19.9 Å². The van der Waals surface area contributed by atoms with Crippen molar-refractivity contribution in [3.8, 4) is 16.6 Å². The van der Waals surface area contributed by atoms with Gasteiger partial charge in [-0.3, -0.25) is 4.79 Å². The number of aromatic nitrogens is 3. The van der Waals surface area contributed by atoms with E-state index in [1.807, 2.05) is 40.6 Å². The summed E-state index contributed by atoms with van der Waals surface area (Å²) < 4.78 is 5.57. The smallest absolute Gasteiger partial charge is 0.319 e. The lowest BCUT2D eigenvalue weighted by atomic mass is 10.2. The van der Waals surface area contributed by atoms with Crippen LogP contribution in [-0.2, 0) is 6.42 Å². The first-order valence-corrected chi connectivity index (χ1v) is 13.5. The van der Waals surface area contributed by atoms with E-state index < -0.39 is 12.7 Å². The van der Waals surface area contributed by atoms with Crippen molar-refractivity contribution in [3.05, 3.63) is 52.3 Å². The van der Waals surface area contributed by atoms with Gasteiger partial charge >= 0.3 is 6.01 Å². The van der Waals surface area contributed by atoms with E-state index in [0.29, 0.717) is 31.9 Å². The van der Waals surface area contributed by atoms with Crippen LogP contribution in [0.1, 0.15) is 22.3 Å². The van der Waals surface area contributed by atoms with Gasteiger partial charge in [-0.15, -0.1) is 22.7 Å². The number of nitrogens with zero attached hydrogens (tertiary/aromatic N) is 5. The number of aliphatic hydroxyl groups is 2. The summed E-state index contributed by atoms with van der Waals surface area (Å²) in [7, 11) is 0. The summed E-state index contributed by atoms with van der Waals surface area (Å²) in [6.07, 6.45) is -0.106. The minimum atomic E-state index is -0.995. The van der Waals surface area contributed by atoms with Gasteiger partial charge in [0.25, 0.3) is 5.91 Å². The maximum atomic E-state index is 13.1. The zero-order chi connectivity index (χ0) is 25.1. The standard InChI is InChI=1S/C25H27N5O4S2/c1-2-18-12-19-21(27-25(28-23(19)36-18)34-14-17(32)13-31)29-8-10-30(11-9-29)24(33)20-15-35-22(26-20)16-6-4-3-5-7-16/h3-7,12,15,17,31-32H,2,8-11,13-14H2,1H3/t17-/m1/s1. The number of benzene rings is 1. The third-order valence-corrected chi connectivity index (χ3v) is 8.04. The molecule has 1 aromatic carbocycles. The van der Waals surface area contributed by atoms with Crippen molar-refractivity contribution in [2.45, 2.75) is 19.4 Å². The summed E-state index contributed by atoms with van der Waals surface area (Å²) in [5.41, 5.74) is 1.48. The van der Waals surface area contributed by atoms with E-state index in [4.69, 9.17) is 9.84 Å². The lowest BCUT2D eigenvalue weighted by Gasteiger charge is -2.35. The Morgan fingerprint density at radius 1 is 1.14 bits per heavy atom. The maximum Gasteiger partial charge on any atom is 0.319 e. The van der Waals surface area contributed by atoms with E-state index in [-0.39, 0.29) is 18.5 Å². The zero-order valence-electron chi connectivity index (χ0n) is 19.8. The molecule has 188 valence electrons. The van der Waals surface area contributed by atoms with E-state index >= 15 is 0 Å². The second kappa shape index (κ2) is 10.9. The number of aryl methyl sites for hydroxylation is 1. The number of hydrogen-bond acceptors (Lipinski definition) is 10. The highest BCUT2D eigenvalue weighted by Crippen LogP contribution is 2.33. The molecule has 0 aliphatic carbocycles. The molecular formula is C25H27N5O4S2. The van der Waals surface area contributed by atoms with Gasteiger partial charge in [0.1, 0.15) is 34.1 Å². The van der Waals surface area contributed by atoms with Gasteiger partial charge in [-0.05, 0) is 12.5 Å². The van der Waals surface area contributed by atoms with Crippen LogP contribution in [0.5, 0.6) is 6.01 Å². The van der Waals surface area contributed by atoms with Crippen LogP contribution in [0.15, 0.2) is 41.8 Å². The van der Waals surface area contributed by atoms with Gasteiger partial charge in [0, 0.05) is 42.0 Å². The van der Waals surface area contributed by atoms with E-state index in [0.717, 1.165) is 33.0 Å². The van der Waals surface area contributed by atoms with Crippen molar-refractivity contribution in [1.29, 1.82) is 0 Å². The van der Waals surface area contributed by atoms with Crippen molar-refractivity contribution in [2.24, 2.45) is 0 Å². The molecule has 0 spiro atoms. The van der Waals surface area contributed by atoms with Gasteiger partial charge in [0.15, 0.2) is 0 Å². The number of ether oxygens (including phenoxy) is 1. The number of carbonyl (C=O) groups is 1. The summed E-state index contributed by atoms with van der Waals surface area (Å²) >= 11 is 3.07. The second-order valence-electron chi connectivity index (χ2n) is 8.45. The minimum absolute atomic E-state index is 0.0632. The summed E-state index contributed by atoms with van der Waals surface area (Å²) in [5.74, 6) is 0.697. The van der Waals surface area contributed by atoms with Gasteiger partial charge in [0.2, 0.25) is 0 Å². The summed E-state index contributed by atoms with van der Waals surface area (Å²) in [5, 5.41) is 22.4. The molecule has 5 rings (SSSR count). The number of piperazine rings is 1. The first-order valence-electron chi connectivity index (χ1n) is 11.8. The fraction of sp³-hybridized carbons (Fsp3) is 0.360. The third-order valence-electron chi connectivity index (χ3n) is 5.98. The van der Waals surface area contributed by atoms with Gasteiger partial charge in [-0.25, -0.2) is 4.98 Å². The lowest BCUT2D eigenvalue weighted by Crippen LogP contribution is -2.49. The Morgan fingerprint density at radius 2 is 1.92 bits per heavy atom. The van der Waals surface area contributed by atoms with Crippen LogP contribution in [0, 0.1) is 0 Å². The third kappa shape index (κ3) is 5.19. The number of fused-ring (bicyclic) bond motifs is 1. The number of thiazole rings is 1. The van der Waals surface area contributed by atoms with E-state index in [2.05, 4.69) is 32.8 Å². The zero-order valence-corrected chi connectivity index (χ0v) is 21.5. The normalized spacial score (nSPS) is 14.9. The van der Waals surface area contributed by atoms with Crippen molar-refractivity contribution < 1.29 is 19.7 Å². The molecule has 1 aliphatic heterocycles. The molecule has 36 heavy (non-hydrogen) atoms.